The molecule has 0 heterocycles. The van der Waals surface area contributed by atoms with E-state index in [2.05, 4.69) is 5.32 Å². The van der Waals surface area contributed by atoms with Crippen LogP contribution in [0.4, 0.5) is 16.2 Å². The van der Waals surface area contributed by atoms with Gasteiger partial charge >= 0.3 is 6.03 Å². The van der Waals surface area contributed by atoms with E-state index in [4.69, 9.17) is 34.7 Å². The van der Waals surface area contributed by atoms with E-state index in [-0.39, 0.29) is 15.7 Å². The standard InChI is InChI=1S/C7H7Cl2N3O/c8-4-1-3(10)2-5(9)6(4)12-7(11)13/h1-2H,10H2,(H3,11,12,13). The van der Waals surface area contributed by atoms with Crippen molar-refractivity contribution in [1.29, 1.82) is 0 Å². The first-order chi connectivity index (χ1) is 6.00. The maximum Gasteiger partial charge on any atom is 0.316 e. The van der Waals surface area contributed by atoms with Crippen LogP contribution in [0.15, 0.2) is 12.1 Å². The smallest absolute Gasteiger partial charge is 0.316 e. The molecule has 13 heavy (non-hydrogen) atoms. The number of nitrogens with one attached hydrogen (secondary N) is 1. The maximum atomic E-state index is 10.5. The minimum atomic E-state index is -0.728. The first-order valence-electron chi connectivity index (χ1n) is 3.31. The van der Waals surface area contributed by atoms with E-state index in [1.807, 2.05) is 0 Å². The van der Waals surface area contributed by atoms with Crippen molar-refractivity contribution in [3.63, 3.8) is 0 Å². The molecule has 1 rings (SSSR count). The molecule has 5 N–H and O–H groups in total. The first kappa shape index (κ1) is 9.95. The number of nitrogens with two attached hydrogens (primary N) is 2. The molecule has 0 atom stereocenters. The van der Waals surface area contributed by atoms with E-state index in [1.165, 1.54) is 12.1 Å². The van der Waals surface area contributed by atoms with Crippen LogP contribution in [0.1, 0.15) is 0 Å². The number of urea groups is 1. The highest BCUT2D eigenvalue weighted by Gasteiger charge is 2.08. The Hall–Kier alpha value is -1.13. The second kappa shape index (κ2) is 3.72. The molecule has 0 aromatic heterocycles. The number of hydrogen-bond donors (Lipinski definition) is 3. The molecule has 0 fully saturated rings. The third-order valence-electron chi connectivity index (χ3n) is 1.31. The van der Waals surface area contributed by atoms with Crippen LogP contribution < -0.4 is 16.8 Å². The molecule has 4 nitrogen and oxygen atoms in total. The Morgan fingerprint density at radius 1 is 1.31 bits per heavy atom. The Bertz CT molecular complexity index is 331. The fourth-order valence-corrected chi connectivity index (χ4v) is 1.43. The van der Waals surface area contributed by atoms with Crippen LogP contribution in [0, 0.1) is 0 Å². The molecule has 0 saturated heterocycles. The van der Waals surface area contributed by atoms with Crippen molar-refractivity contribution in [2.75, 3.05) is 11.1 Å². The van der Waals surface area contributed by atoms with Crippen molar-refractivity contribution >= 4 is 40.6 Å². The number of nitrogen functional groups attached to an aromatic ring is 1. The number of amides is 2. The van der Waals surface area contributed by atoms with Gasteiger partial charge in [-0.15, -0.1) is 0 Å². The van der Waals surface area contributed by atoms with Crippen molar-refractivity contribution in [2.45, 2.75) is 0 Å². The van der Waals surface area contributed by atoms with Gasteiger partial charge in [-0.3, -0.25) is 0 Å². The molecule has 0 aliphatic carbocycles. The lowest BCUT2D eigenvalue weighted by molar-refractivity contribution is 0.259. The second-order valence-electron chi connectivity index (χ2n) is 2.35. The molecular formula is C7H7Cl2N3O. The minimum absolute atomic E-state index is 0.254. The third kappa shape index (κ3) is 2.40. The number of rotatable bonds is 1. The van der Waals surface area contributed by atoms with E-state index < -0.39 is 6.03 Å². The molecule has 0 aliphatic rings. The lowest BCUT2D eigenvalue weighted by Gasteiger charge is -2.07. The predicted octanol–water partition coefficient (Wildman–Crippen LogP) is 2.07. The molecule has 1 aromatic carbocycles. The second-order valence-corrected chi connectivity index (χ2v) is 3.16. The molecular weight excluding hydrogens is 213 g/mol. The van der Waals surface area contributed by atoms with Gasteiger partial charge < -0.3 is 16.8 Å². The topological polar surface area (TPSA) is 81.1 Å². The maximum absolute atomic E-state index is 10.5. The van der Waals surface area contributed by atoms with Gasteiger partial charge in [0.1, 0.15) is 0 Å². The average molecular weight is 220 g/mol. The highest BCUT2D eigenvalue weighted by Crippen LogP contribution is 2.32. The molecule has 0 unspecified atom stereocenters. The van der Waals surface area contributed by atoms with Crippen LogP contribution in [0.5, 0.6) is 0 Å². The van der Waals surface area contributed by atoms with Gasteiger partial charge in [-0.1, -0.05) is 23.2 Å². The van der Waals surface area contributed by atoms with E-state index in [0.717, 1.165) is 0 Å². The molecule has 2 amide bonds. The van der Waals surface area contributed by atoms with Crippen molar-refractivity contribution in [3.8, 4) is 0 Å². The number of halogens is 2. The number of hydrogen-bond acceptors (Lipinski definition) is 2. The van der Waals surface area contributed by atoms with Crippen LogP contribution in [0.2, 0.25) is 10.0 Å². The van der Waals surface area contributed by atoms with Crippen molar-refractivity contribution < 1.29 is 4.79 Å². The summed E-state index contributed by atoms with van der Waals surface area (Å²) in [6, 6.07) is 2.21. The summed E-state index contributed by atoms with van der Waals surface area (Å²) in [7, 11) is 0. The number of anilines is 2. The Labute approximate surface area is 84.8 Å². The fraction of sp³-hybridized carbons (Fsp3) is 0. The van der Waals surface area contributed by atoms with E-state index in [0.29, 0.717) is 5.69 Å². The largest absolute Gasteiger partial charge is 0.399 e. The molecule has 0 aliphatic heterocycles. The Balaban J connectivity index is 3.13. The van der Waals surface area contributed by atoms with Gasteiger partial charge in [0.25, 0.3) is 0 Å². The summed E-state index contributed by atoms with van der Waals surface area (Å²) in [6.45, 7) is 0. The first-order valence-corrected chi connectivity index (χ1v) is 4.07. The molecule has 6 heteroatoms. The van der Waals surface area contributed by atoms with Crippen LogP contribution in [-0.2, 0) is 0 Å². The molecule has 0 saturated carbocycles. The quantitative estimate of drug-likeness (QED) is 0.633. The molecule has 0 spiro atoms. The summed E-state index contributed by atoms with van der Waals surface area (Å²) >= 11 is 11.5. The third-order valence-corrected chi connectivity index (χ3v) is 1.91. The zero-order valence-corrected chi connectivity index (χ0v) is 7.99. The van der Waals surface area contributed by atoms with Crippen LogP contribution in [0.3, 0.4) is 0 Å². The highest BCUT2D eigenvalue weighted by atomic mass is 35.5. The number of primary amides is 1. The number of benzene rings is 1. The Kier molecular flexibility index (Phi) is 2.85. The van der Waals surface area contributed by atoms with E-state index in [1.54, 1.807) is 0 Å². The lowest BCUT2D eigenvalue weighted by Crippen LogP contribution is -2.19. The zero-order valence-electron chi connectivity index (χ0n) is 6.47. The molecule has 0 radical (unpaired) electrons. The number of carbonyl (C=O) groups excluding carboxylic acids is 1. The Morgan fingerprint density at radius 3 is 2.15 bits per heavy atom. The normalized spacial score (nSPS) is 9.69. The van der Waals surface area contributed by atoms with Crippen molar-refractivity contribution in [1.82, 2.24) is 0 Å². The van der Waals surface area contributed by atoms with Gasteiger partial charge in [0.2, 0.25) is 0 Å². The summed E-state index contributed by atoms with van der Waals surface area (Å²) < 4.78 is 0. The van der Waals surface area contributed by atoms with Gasteiger partial charge in [-0.05, 0) is 12.1 Å². The van der Waals surface area contributed by atoms with Gasteiger partial charge in [0, 0.05) is 5.69 Å². The molecule has 0 bridgehead atoms. The van der Waals surface area contributed by atoms with Crippen LogP contribution >= 0.6 is 23.2 Å². The summed E-state index contributed by atoms with van der Waals surface area (Å²) in [5, 5.41) is 2.80. The van der Waals surface area contributed by atoms with Crippen molar-refractivity contribution in [3.05, 3.63) is 22.2 Å². The van der Waals surface area contributed by atoms with Gasteiger partial charge in [0.05, 0.1) is 15.7 Å². The summed E-state index contributed by atoms with van der Waals surface area (Å²) in [6.07, 6.45) is 0. The Morgan fingerprint density at radius 2 is 1.77 bits per heavy atom. The average Bonchev–Trinajstić information content (AvgIpc) is 1.96. The minimum Gasteiger partial charge on any atom is -0.399 e. The molecule has 70 valence electrons. The van der Waals surface area contributed by atoms with Crippen LogP contribution in [0.25, 0.3) is 0 Å². The van der Waals surface area contributed by atoms with Crippen molar-refractivity contribution in [2.24, 2.45) is 5.73 Å². The SMILES string of the molecule is NC(=O)Nc1c(Cl)cc(N)cc1Cl. The van der Waals surface area contributed by atoms with Crippen LogP contribution in [-0.4, -0.2) is 6.03 Å². The fourth-order valence-electron chi connectivity index (χ4n) is 0.835. The lowest BCUT2D eigenvalue weighted by atomic mass is 10.3. The monoisotopic (exact) mass is 219 g/mol. The molecule has 1 aromatic rings. The summed E-state index contributed by atoms with van der Waals surface area (Å²) in [5.74, 6) is 0. The van der Waals surface area contributed by atoms with E-state index >= 15 is 0 Å². The van der Waals surface area contributed by atoms with Gasteiger partial charge in [0.15, 0.2) is 0 Å². The highest BCUT2D eigenvalue weighted by molar-refractivity contribution is 6.40. The van der Waals surface area contributed by atoms with Gasteiger partial charge in [-0.25, -0.2) is 4.79 Å². The van der Waals surface area contributed by atoms with Gasteiger partial charge in [-0.2, -0.15) is 0 Å². The summed E-state index contributed by atoms with van der Waals surface area (Å²) in [5.41, 5.74) is 11.0. The number of carbonyl (C=O) groups is 1. The summed E-state index contributed by atoms with van der Waals surface area (Å²) in [4.78, 5) is 10.5. The van der Waals surface area contributed by atoms with E-state index in [9.17, 15) is 4.79 Å². The predicted molar refractivity (Wildman–Crippen MR) is 54.1 cm³/mol. The zero-order chi connectivity index (χ0) is 10.0.